The van der Waals surface area contributed by atoms with E-state index in [1.807, 2.05) is 12.1 Å². The Bertz CT molecular complexity index is 597. The molecule has 0 spiro atoms. The van der Waals surface area contributed by atoms with Gasteiger partial charge in [0.15, 0.2) is 0 Å². The lowest BCUT2D eigenvalue weighted by atomic mass is 9.82. The zero-order valence-electron chi connectivity index (χ0n) is 12.5. The van der Waals surface area contributed by atoms with Crippen molar-refractivity contribution in [3.63, 3.8) is 0 Å². The van der Waals surface area contributed by atoms with Crippen LogP contribution in [0.4, 0.5) is 0 Å². The minimum absolute atomic E-state index is 0.227. The van der Waals surface area contributed by atoms with Gasteiger partial charge in [-0.25, -0.2) is 0 Å². The van der Waals surface area contributed by atoms with Gasteiger partial charge in [0.2, 0.25) is 0 Å². The monoisotopic (exact) mass is 300 g/mol. The van der Waals surface area contributed by atoms with Crippen LogP contribution < -0.4 is 0 Å². The van der Waals surface area contributed by atoms with Crippen LogP contribution in [0, 0.1) is 0 Å². The third kappa shape index (κ3) is 3.53. The summed E-state index contributed by atoms with van der Waals surface area (Å²) in [5, 5.41) is 21.7. The van der Waals surface area contributed by atoms with E-state index >= 15 is 0 Å². The van der Waals surface area contributed by atoms with Gasteiger partial charge in [-0.15, -0.1) is 0 Å². The molecule has 0 aliphatic carbocycles. The van der Waals surface area contributed by atoms with Crippen LogP contribution in [-0.4, -0.2) is 22.8 Å². The van der Waals surface area contributed by atoms with Crippen molar-refractivity contribution >= 4 is 5.97 Å². The Kier molecular flexibility index (Phi) is 5.31. The highest BCUT2D eigenvalue weighted by Gasteiger charge is 2.41. The van der Waals surface area contributed by atoms with Crippen LogP contribution >= 0.6 is 0 Å². The van der Waals surface area contributed by atoms with Crippen molar-refractivity contribution in [3.05, 3.63) is 71.8 Å². The van der Waals surface area contributed by atoms with Crippen molar-refractivity contribution in [2.45, 2.75) is 25.0 Å². The van der Waals surface area contributed by atoms with E-state index in [0.29, 0.717) is 11.1 Å². The molecule has 0 aliphatic rings. The number of benzene rings is 2. The minimum atomic E-state index is -1.74. The number of hydrogen-bond acceptors (Lipinski definition) is 4. The number of carbonyl (C=O) groups is 1. The number of esters is 1. The maximum atomic E-state index is 11.9. The highest BCUT2D eigenvalue weighted by molar-refractivity contribution is 5.71. The van der Waals surface area contributed by atoms with E-state index in [4.69, 9.17) is 4.74 Å². The lowest BCUT2D eigenvalue weighted by molar-refractivity contribution is -0.157. The number of aliphatic hydroxyl groups is 2. The molecule has 2 aromatic rings. The van der Waals surface area contributed by atoms with E-state index in [9.17, 15) is 15.0 Å². The van der Waals surface area contributed by atoms with Crippen molar-refractivity contribution < 1.29 is 19.7 Å². The molecule has 116 valence electrons. The lowest BCUT2D eigenvalue weighted by Gasteiger charge is -2.33. The minimum Gasteiger partial charge on any atom is -0.466 e. The number of rotatable bonds is 6. The maximum Gasteiger partial charge on any atom is 0.309 e. The van der Waals surface area contributed by atoms with E-state index in [2.05, 4.69) is 0 Å². The van der Waals surface area contributed by atoms with Crippen LogP contribution in [0.2, 0.25) is 0 Å². The molecule has 0 aromatic heterocycles. The summed E-state index contributed by atoms with van der Waals surface area (Å²) in [6, 6.07) is 17.5. The summed E-state index contributed by atoms with van der Waals surface area (Å²) >= 11 is 0. The molecule has 0 fully saturated rings. The molecule has 0 bridgehead atoms. The first kappa shape index (κ1) is 16.2. The van der Waals surface area contributed by atoms with Gasteiger partial charge in [-0.3, -0.25) is 4.79 Å². The van der Waals surface area contributed by atoms with Crippen LogP contribution in [0.25, 0.3) is 0 Å². The molecular weight excluding hydrogens is 280 g/mol. The third-order valence-corrected chi connectivity index (χ3v) is 3.56. The fraction of sp³-hybridized carbons (Fsp3) is 0.278. The molecule has 22 heavy (non-hydrogen) atoms. The quantitative estimate of drug-likeness (QED) is 0.805. The summed E-state index contributed by atoms with van der Waals surface area (Å²) < 4.78 is 4.94. The number of ether oxygens (including phenoxy) is 1. The Hall–Kier alpha value is -2.17. The second-order valence-electron chi connectivity index (χ2n) is 5.09. The van der Waals surface area contributed by atoms with Crippen LogP contribution in [0.3, 0.4) is 0 Å². The van der Waals surface area contributed by atoms with E-state index in [1.165, 1.54) is 0 Å². The zero-order valence-corrected chi connectivity index (χ0v) is 12.5. The van der Waals surface area contributed by atoms with Gasteiger partial charge in [0, 0.05) is 0 Å². The average Bonchev–Trinajstić information content (AvgIpc) is 2.56. The first-order valence-electron chi connectivity index (χ1n) is 7.24. The maximum absolute atomic E-state index is 11.9. The van der Waals surface area contributed by atoms with Gasteiger partial charge in [-0.2, -0.15) is 0 Å². The van der Waals surface area contributed by atoms with Crippen molar-refractivity contribution in [1.82, 2.24) is 0 Å². The number of hydrogen-bond donors (Lipinski definition) is 2. The van der Waals surface area contributed by atoms with Crippen LogP contribution in [0.5, 0.6) is 0 Å². The average molecular weight is 300 g/mol. The summed E-state index contributed by atoms with van der Waals surface area (Å²) in [6.07, 6.45) is -1.55. The van der Waals surface area contributed by atoms with Crippen LogP contribution in [0.15, 0.2) is 60.7 Å². The van der Waals surface area contributed by atoms with Gasteiger partial charge in [-0.05, 0) is 18.1 Å². The molecule has 2 rings (SSSR count). The molecule has 0 aliphatic heterocycles. The second kappa shape index (κ2) is 7.20. The molecule has 0 unspecified atom stereocenters. The van der Waals surface area contributed by atoms with Gasteiger partial charge < -0.3 is 14.9 Å². The summed E-state index contributed by atoms with van der Waals surface area (Å²) in [7, 11) is 0. The normalized spacial score (nSPS) is 14.9. The predicted molar refractivity (Wildman–Crippen MR) is 83.0 cm³/mol. The van der Waals surface area contributed by atoms with Gasteiger partial charge in [0.1, 0.15) is 11.7 Å². The Morgan fingerprint density at radius 2 is 1.64 bits per heavy atom. The molecule has 4 nitrogen and oxygen atoms in total. The fourth-order valence-electron chi connectivity index (χ4n) is 2.43. The summed E-state index contributed by atoms with van der Waals surface area (Å²) in [5.41, 5.74) is -0.730. The standard InChI is InChI=1S/C18H20O4/c1-2-22-16(19)13-18(21,15-11-7-4-8-12-15)17(20)14-9-5-3-6-10-14/h3-12,17,20-21H,2,13H2,1H3/t17-,18+/m1/s1. The second-order valence-corrected chi connectivity index (χ2v) is 5.09. The Morgan fingerprint density at radius 1 is 1.09 bits per heavy atom. The topological polar surface area (TPSA) is 66.8 Å². The molecule has 0 saturated heterocycles. The van der Waals surface area contributed by atoms with Gasteiger partial charge in [0.25, 0.3) is 0 Å². The van der Waals surface area contributed by atoms with E-state index in [0.717, 1.165) is 0 Å². The third-order valence-electron chi connectivity index (χ3n) is 3.56. The SMILES string of the molecule is CCOC(=O)C[C@](O)(c1ccccc1)[C@H](O)c1ccccc1. The molecule has 0 radical (unpaired) electrons. The molecule has 2 atom stereocenters. The number of aliphatic hydroxyl groups excluding tert-OH is 1. The van der Waals surface area contributed by atoms with Crippen LogP contribution in [0.1, 0.15) is 30.6 Å². The van der Waals surface area contributed by atoms with E-state index < -0.39 is 17.7 Å². The van der Waals surface area contributed by atoms with Gasteiger partial charge in [-0.1, -0.05) is 60.7 Å². The zero-order chi connectivity index (χ0) is 16.0. The summed E-state index contributed by atoms with van der Waals surface area (Å²) in [4.78, 5) is 11.9. The van der Waals surface area contributed by atoms with E-state index in [1.54, 1.807) is 55.5 Å². The van der Waals surface area contributed by atoms with Gasteiger partial charge in [0.05, 0.1) is 13.0 Å². The fourth-order valence-corrected chi connectivity index (χ4v) is 2.43. The largest absolute Gasteiger partial charge is 0.466 e. The van der Waals surface area contributed by atoms with Gasteiger partial charge >= 0.3 is 5.97 Å². The molecule has 0 heterocycles. The Labute approximate surface area is 130 Å². The molecule has 0 amide bonds. The summed E-state index contributed by atoms with van der Waals surface area (Å²) in [5.74, 6) is -0.552. The lowest BCUT2D eigenvalue weighted by Crippen LogP contribution is -2.36. The van der Waals surface area contributed by atoms with E-state index in [-0.39, 0.29) is 13.0 Å². The predicted octanol–water partition coefficient (Wildman–Crippen LogP) is 2.56. The first-order valence-corrected chi connectivity index (χ1v) is 7.24. The molecular formula is C18H20O4. The first-order chi connectivity index (χ1) is 10.6. The Morgan fingerprint density at radius 3 is 2.18 bits per heavy atom. The smallest absolute Gasteiger partial charge is 0.309 e. The van der Waals surface area contributed by atoms with Crippen molar-refractivity contribution in [2.75, 3.05) is 6.61 Å². The van der Waals surface area contributed by atoms with Crippen molar-refractivity contribution in [2.24, 2.45) is 0 Å². The Balaban J connectivity index is 2.39. The van der Waals surface area contributed by atoms with Crippen molar-refractivity contribution in [3.8, 4) is 0 Å². The van der Waals surface area contributed by atoms with Crippen molar-refractivity contribution in [1.29, 1.82) is 0 Å². The highest BCUT2D eigenvalue weighted by atomic mass is 16.5. The van der Waals surface area contributed by atoms with Crippen LogP contribution in [-0.2, 0) is 15.1 Å². The molecule has 2 N–H and O–H groups in total. The summed E-state index contributed by atoms with van der Waals surface area (Å²) in [6.45, 7) is 1.93. The molecule has 0 saturated carbocycles. The molecule has 2 aromatic carbocycles. The number of carbonyl (C=O) groups excluding carboxylic acids is 1. The highest BCUT2D eigenvalue weighted by Crippen LogP contribution is 2.38. The molecule has 4 heteroatoms.